The Morgan fingerprint density at radius 1 is 1.40 bits per heavy atom. The lowest BCUT2D eigenvalue weighted by atomic mass is 10.0. The minimum atomic E-state index is -0.545. The summed E-state index contributed by atoms with van der Waals surface area (Å²) in [5.41, 5.74) is 2.01. The van der Waals surface area contributed by atoms with Crippen LogP contribution in [0.3, 0.4) is 0 Å². The molecule has 3 nitrogen and oxygen atoms in total. The second-order valence-electron chi connectivity index (χ2n) is 3.54. The Labute approximate surface area is 89.0 Å². The molecule has 0 unspecified atom stereocenters. The van der Waals surface area contributed by atoms with Gasteiger partial charge in [-0.1, -0.05) is 24.3 Å². The fourth-order valence-corrected chi connectivity index (χ4v) is 1.87. The first-order valence-corrected chi connectivity index (χ1v) is 5.15. The third-order valence-corrected chi connectivity index (χ3v) is 2.56. The van der Waals surface area contributed by atoms with Gasteiger partial charge in [-0.25, -0.2) is 4.79 Å². The highest BCUT2D eigenvalue weighted by Gasteiger charge is 2.34. The first kappa shape index (κ1) is 10.2. The third kappa shape index (κ3) is 1.75. The standard InChI is InChI=1S/C12H14O3/c1-3-14-12(13)11-10-7-5-4-6-9(10)8(2)15-11/h4-8,11H,3H2,1-2H3/t8-,11+/m1/s1. The molecule has 0 bridgehead atoms. The highest BCUT2D eigenvalue weighted by molar-refractivity contribution is 5.78. The summed E-state index contributed by atoms with van der Waals surface area (Å²) in [7, 11) is 0. The van der Waals surface area contributed by atoms with Gasteiger partial charge in [0.15, 0.2) is 6.10 Å². The van der Waals surface area contributed by atoms with Gasteiger partial charge in [-0.2, -0.15) is 0 Å². The number of hydrogen-bond donors (Lipinski definition) is 0. The van der Waals surface area contributed by atoms with Gasteiger partial charge in [-0.05, 0) is 25.0 Å². The number of benzene rings is 1. The number of carbonyl (C=O) groups is 1. The minimum absolute atomic E-state index is 0.0318. The van der Waals surface area contributed by atoms with Crippen LogP contribution in [0.4, 0.5) is 0 Å². The van der Waals surface area contributed by atoms with Crippen LogP contribution >= 0.6 is 0 Å². The summed E-state index contributed by atoms with van der Waals surface area (Å²) in [6.07, 6.45) is -0.577. The average Bonchev–Trinajstić information content (AvgIpc) is 2.58. The molecule has 0 spiro atoms. The van der Waals surface area contributed by atoms with Crippen LogP contribution in [0.5, 0.6) is 0 Å². The Hall–Kier alpha value is -1.35. The first-order chi connectivity index (χ1) is 7.24. The van der Waals surface area contributed by atoms with E-state index in [0.717, 1.165) is 11.1 Å². The molecule has 0 aliphatic carbocycles. The van der Waals surface area contributed by atoms with E-state index in [4.69, 9.17) is 9.47 Å². The molecule has 1 aliphatic heterocycles. The van der Waals surface area contributed by atoms with Crippen LogP contribution in [-0.4, -0.2) is 12.6 Å². The summed E-state index contributed by atoms with van der Waals surface area (Å²) in [6.45, 7) is 4.12. The molecule has 0 radical (unpaired) electrons. The summed E-state index contributed by atoms with van der Waals surface area (Å²) in [6, 6.07) is 7.76. The molecule has 1 aromatic carbocycles. The van der Waals surface area contributed by atoms with Gasteiger partial charge in [0, 0.05) is 0 Å². The van der Waals surface area contributed by atoms with E-state index in [1.807, 2.05) is 31.2 Å². The predicted octanol–water partition coefficient (Wildman–Crippen LogP) is 2.38. The molecule has 2 atom stereocenters. The maximum Gasteiger partial charge on any atom is 0.339 e. The molecule has 0 aromatic heterocycles. The Kier molecular flexibility index (Phi) is 2.73. The van der Waals surface area contributed by atoms with Gasteiger partial charge < -0.3 is 9.47 Å². The van der Waals surface area contributed by atoms with Crippen molar-refractivity contribution in [2.45, 2.75) is 26.1 Å². The Morgan fingerprint density at radius 2 is 2.07 bits per heavy atom. The van der Waals surface area contributed by atoms with Crippen molar-refractivity contribution in [3.8, 4) is 0 Å². The van der Waals surface area contributed by atoms with Gasteiger partial charge in [0.05, 0.1) is 12.7 Å². The molecule has 0 amide bonds. The summed E-state index contributed by atoms with van der Waals surface area (Å²) in [5.74, 6) is -0.297. The molecule has 0 saturated carbocycles. The van der Waals surface area contributed by atoms with Crippen molar-refractivity contribution in [2.75, 3.05) is 6.61 Å². The average molecular weight is 206 g/mol. The van der Waals surface area contributed by atoms with E-state index in [1.165, 1.54) is 0 Å². The summed E-state index contributed by atoms with van der Waals surface area (Å²) in [5, 5.41) is 0. The molecule has 1 aliphatic rings. The Bertz CT molecular complexity index is 373. The van der Waals surface area contributed by atoms with Gasteiger partial charge >= 0.3 is 5.97 Å². The Balaban J connectivity index is 2.28. The lowest BCUT2D eigenvalue weighted by Gasteiger charge is -2.10. The smallest absolute Gasteiger partial charge is 0.339 e. The molecular formula is C12H14O3. The molecule has 3 heteroatoms. The first-order valence-electron chi connectivity index (χ1n) is 5.15. The van der Waals surface area contributed by atoms with Gasteiger partial charge in [0.1, 0.15) is 0 Å². The number of esters is 1. The van der Waals surface area contributed by atoms with Crippen molar-refractivity contribution in [1.29, 1.82) is 0 Å². The third-order valence-electron chi connectivity index (χ3n) is 2.56. The molecule has 2 rings (SSSR count). The second kappa shape index (κ2) is 4.03. The molecule has 0 fully saturated rings. The molecular weight excluding hydrogens is 192 g/mol. The number of ether oxygens (including phenoxy) is 2. The number of carbonyl (C=O) groups excluding carboxylic acids is 1. The van der Waals surface area contributed by atoms with E-state index in [0.29, 0.717) is 6.61 Å². The lowest BCUT2D eigenvalue weighted by Crippen LogP contribution is -2.15. The predicted molar refractivity (Wildman–Crippen MR) is 55.3 cm³/mol. The van der Waals surface area contributed by atoms with E-state index in [2.05, 4.69) is 0 Å². The molecule has 15 heavy (non-hydrogen) atoms. The van der Waals surface area contributed by atoms with Gasteiger partial charge in [-0.3, -0.25) is 0 Å². The maximum atomic E-state index is 11.6. The van der Waals surface area contributed by atoms with Crippen LogP contribution in [0.1, 0.15) is 37.2 Å². The second-order valence-corrected chi connectivity index (χ2v) is 3.54. The van der Waals surface area contributed by atoms with Crippen molar-refractivity contribution in [3.63, 3.8) is 0 Å². The number of hydrogen-bond acceptors (Lipinski definition) is 3. The van der Waals surface area contributed by atoms with Crippen LogP contribution < -0.4 is 0 Å². The molecule has 0 saturated heterocycles. The van der Waals surface area contributed by atoms with Crippen molar-refractivity contribution in [1.82, 2.24) is 0 Å². The monoisotopic (exact) mass is 206 g/mol. The topological polar surface area (TPSA) is 35.5 Å². The SMILES string of the molecule is CCOC(=O)[C@H]1O[C@H](C)c2ccccc21. The highest BCUT2D eigenvalue weighted by Crippen LogP contribution is 2.38. The molecule has 80 valence electrons. The normalized spacial score (nSPS) is 23.6. The fraction of sp³-hybridized carbons (Fsp3) is 0.417. The van der Waals surface area contributed by atoms with Gasteiger partial charge in [0.25, 0.3) is 0 Å². The highest BCUT2D eigenvalue weighted by atomic mass is 16.6. The summed E-state index contributed by atoms with van der Waals surface area (Å²) < 4.78 is 10.5. The maximum absolute atomic E-state index is 11.6. The van der Waals surface area contributed by atoms with E-state index in [-0.39, 0.29) is 12.1 Å². The van der Waals surface area contributed by atoms with Crippen LogP contribution in [0.2, 0.25) is 0 Å². The summed E-state index contributed by atoms with van der Waals surface area (Å²) >= 11 is 0. The number of fused-ring (bicyclic) bond motifs is 1. The van der Waals surface area contributed by atoms with E-state index >= 15 is 0 Å². The van der Waals surface area contributed by atoms with E-state index in [1.54, 1.807) is 6.92 Å². The van der Waals surface area contributed by atoms with Gasteiger partial charge in [0.2, 0.25) is 0 Å². The lowest BCUT2D eigenvalue weighted by molar-refractivity contribution is -0.158. The fourth-order valence-electron chi connectivity index (χ4n) is 1.87. The zero-order valence-corrected chi connectivity index (χ0v) is 8.90. The zero-order valence-electron chi connectivity index (χ0n) is 8.90. The van der Waals surface area contributed by atoms with E-state index < -0.39 is 6.10 Å². The Morgan fingerprint density at radius 3 is 2.73 bits per heavy atom. The zero-order chi connectivity index (χ0) is 10.8. The van der Waals surface area contributed by atoms with Crippen LogP contribution in [0.15, 0.2) is 24.3 Å². The van der Waals surface area contributed by atoms with Crippen molar-refractivity contribution in [3.05, 3.63) is 35.4 Å². The minimum Gasteiger partial charge on any atom is -0.464 e. The van der Waals surface area contributed by atoms with Crippen LogP contribution in [0.25, 0.3) is 0 Å². The molecule has 0 N–H and O–H groups in total. The summed E-state index contributed by atoms with van der Waals surface area (Å²) in [4.78, 5) is 11.6. The molecule has 1 heterocycles. The number of rotatable bonds is 2. The van der Waals surface area contributed by atoms with E-state index in [9.17, 15) is 4.79 Å². The molecule has 1 aromatic rings. The van der Waals surface area contributed by atoms with Crippen molar-refractivity contribution >= 4 is 5.97 Å². The quantitative estimate of drug-likeness (QED) is 0.697. The van der Waals surface area contributed by atoms with Crippen LogP contribution in [-0.2, 0) is 14.3 Å². The largest absolute Gasteiger partial charge is 0.464 e. The van der Waals surface area contributed by atoms with Crippen molar-refractivity contribution < 1.29 is 14.3 Å². The van der Waals surface area contributed by atoms with Gasteiger partial charge in [-0.15, -0.1) is 0 Å². The van der Waals surface area contributed by atoms with Crippen LogP contribution in [0, 0.1) is 0 Å². The van der Waals surface area contributed by atoms with Crippen molar-refractivity contribution in [2.24, 2.45) is 0 Å².